The van der Waals surface area contributed by atoms with Crippen molar-refractivity contribution in [2.45, 2.75) is 38.3 Å². The molecule has 114 valence electrons. The highest BCUT2D eigenvalue weighted by atomic mass is 35.5. The molecule has 2 aromatic heterocycles. The molecule has 0 spiro atoms. The zero-order valence-corrected chi connectivity index (χ0v) is 13.6. The second kappa shape index (κ2) is 6.17. The van der Waals surface area contributed by atoms with E-state index in [0.29, 0.717) is 5.76 Å². The molecule has 0 atom stereocenters. The van der Waals surface area contributed by atoms with Crippen LogP contribution in [0.4, 0.5) is 0 Å². The maximum atomic E-state index is 12.7. The number of rotatable bonds is 5. The van der Waals surface area contributed by atoms with E-state index in [-0.39, 0.29) is 22.6 Å². The molecule has 0 amide bonds. The fraction of sp³-hybridized carbons (Fsp3) is 0.357. The summed E-state index contributed by atoms with van der Waals surface area (Å²) in [7, 11) is -3.66. The lowest BCUT2D eigenvalue weighted by Crippen LogP contribution is -2.36. The molecule has 0 radical (unpaired) electrons. The second-order valence-electron chi connectivity index (χ2n) is 4.97. The number of aromatic nitrogens is 1. The zero-order chi connectivity index (χ0) is 15.6. The number of sulfonamides is 1. The number of aryl methyl sites for hydroxylation is 1. The minimum absolute atomic E-state index is 0.125. The summed E-state index contributed by atoms with van der Waals surface area (Å²) in [6.45, 7) is 5.63. The summed E-state index contributed by atoms with van der Waals surface area (Å²) in [5.74, 6) is 1.35. The summed E-state index contributed by atoms with van der Waals surface area (Å²) in [5.41, 5.74) is 0. The number of halogens is 1. The van der Waals surface area contributed by atoms with Crippen LogP contribution in [0.15, 0.2) is 39.8 Å². The van der Waals surface area contributed by atoms with E-state index < -0.39 is 10.0 Å². The van der Waals surface area contributed by atoms with Gasteiger partial charge in [0.25, 0.3) is 0 Å². The second-order valence-corrected chi connectivity index (χ2v) is 7.25. The van der Waals surface area contributed by atoms with Crippen LogP contribution in [-0.2, 0) is 16.6 Å². The number of nitrogens with zero attached hydrogens (tertiary/aromatic N) is 2. The van der Waals surface area contributed by atoms with E-state index in [4.69, 9.17) is 16.0 Å². The molecule has 0 aliphatic rings. The van der Waals surface area contributed by atoms with Gasteiger partial charge in [-0.1, -0.05) is 11.6 Å². The van der Waals surface area contributed by atoms with Gasteiger partial charge in [0.1, 0.15) is 16.7 Å². The van der Waals surface area contributed by atoms with E-state index in [1.165, 1.54) is 22.6 Å². The normalized spacial score (nSPS) is 12.3. The van der Waals surface area contributed by atoms with Crippen molar-refractivity contribution in [1.29, 1.82) is 0 Å². The van der Waals surface area contributed by atoms with Crippen LogP contribution in [0.3, 0.4) is 0 Å². The highest BCUT2D eigenvalue weighted by Gasteiger charge is 2.28. The molecule has 21 heavy (non-hydrogen) atoms. The average Bonchev–Trinajstić information content (AvgIpc) is 2.81. The highest BCUT2D eigenvalue weighted by molar-refractivity contribution is 7.89. The van der Waals surface area contributed by atoms with Gasteiger partial charge in [0, 0.05) is 12.2 Å². The smallest absolute Gasteiger partial charge is 0.243 e. The summed E-state index contributed by atoms with van der Waals surface area (Å²) in [6, 6.07) is 6.15. The minimum atomic E-state index is -3.66. The van der Waals surface area contributed by atoms with E-state index in [1.54, 1.807) is 6.07 Å². The topological polar surface area (TPSA) is 63.4 Å². The predicted octanol–water partition coefficient (Wildman–Crippen LogP) is 3.24. The monoisotopic (exact) mass is 328 g/mol. The number of hydrogen-bond donors (Lipinski definition) is 0. The lowest BCUT2D eigenvalue weighted by Gasteiger charge is -2.25. The van der Waals surface area contributed by atoms with Gasteiger partial charge in [-0.05, 0) is 45.0 Å². The van der Waals surface area contributed by atoms with Gasteiger partial charge in [0.15, 0.2) is 0 Å². The van der Waals surface area contributed by atoms with Crippen molar-refractivity contribution in [3.8, 4) is 0 Å². The van der Waals surface area contributed by atoms with Crippen LogP contribution in [0.5, 0.6) is 0 Å². The van der Waals surface area contributed by atoms with E-state index in [2.05, 4.69) is 4.98 Å². The van der Waals surface area contributed by atoms with Crippen LogP contribution in [-0.4, -0.2) is 23.7 Å². The van der Waals surface area contributed by atoms with E-state index in [9.17, 15) is 8.42 Å². The molecular formula is C14H17ClN2O3S. The highest BCUT2D eigenvalue weighted by Crippen LogP contribution is 2.23. The number of pyridine rings is 1. The Balaban J connectivity index is 2.37. The van der Waals surface area contributed by atoms with Crippen LogP contribution >= 0.6 is 11.6 Å². The van der Waals surface area contributed by atoms with Crippen LogP contribution in [0.25, 0.3) is 0 Å². The molecule has 0 aliphatic heterocycles. The van der Waals surface area contributed by atoms with E-state index >= 15 is 0 Å². The van der Waals surface area contributed by atoms with Crippen molar-refractivity contribution >= 4 is 21.6 Å². The van der Waals surface area contributed by atoms with Crippen molar-refractivity contribution in [1.82, 2.24) is 9.29 Å². The molecule has 0 aromatic carbocycles. The Bertz CT molecular complexity index is 725. The molecule has 2 rings (SSSR count). The summed E-state index contributed by atoms with van der Waals surface area (Å²) >= 11 is 5.79. The van der Waals surface area contributed by atoms with Gasteiger partial charge >= 0.3 is 0 Å². The van der Waals surface area contributed by atoms with Gasteiger partial charge in [-0.25, -0.2) is 13.4 Å². The summed E-state index contributed by atoms with van der Waals surface area (Å²) in [6.07, 6.45) is 1.38. The molecule has 0 bridgehead atoms. The van der Waals surface area contributed by atoms with E-state index in [1.807, 2.05) is 26.8 Å². The maximum Gasteiger partial charge on any atom is 0.243 e. The Hall–Kier alpha value is -1.37. The summed E-state index contributed by atoms with van der Waals surface area (Å²) in [4.78, 5) is 3.93. The molecule has 0 N–H and O–H groups in total. The minimum Gasteiger partial charge on any atom is -0.465 e. The summed E-state index contributed by atoms with van der Waals surface area (Å²) < 4.78 is 32.3. The average molecular weight is 329 g/mol. The molecule has 7 heteroatoms. The molecule has 2 heterocycles. The maximum absolute atomic E-state index is 12.7. The number of hydrogen-bond acceptors (Lipinski definition) is 4. The predicted molar refractivity (Wildman–Crippen MR) is 80.6 cm³/mol. The molecule has 0 fully saturated rings. The molecule has 0 unspecified atom stereocenters. The quantitative estimate of drug-likeness (QED) is 0.790. The fourth-order valence-electron chi connectivity index (χ4n) is 1.95. The Morgan fingerprint density at radius 3 is 2.57 bits per heavy atom. The first-order chi connectivity index (χ1) is 9.80. The van der Waals surface area contributed by atoms with Crippen molar-refractivity contribution < 1.29 is 12.8 Å². The molecule has 0 saturated carbocycles. The van der Waals surface area contributed by atoms with Gasteiger partial charge in [0.05, 0.1) is 11.4 Å². The first-order valence-corrected chi connectivity index (χ1v) is 8.31. The van der Waals surface area contributed by atoms with Gasteiger partial charge in [0.2, 0.25) is 10.0 Å². The van der Waals surface area contributed by atoms with Crippen LogP contribution in [0.2, 0.25) is 5.15 Å². The van der Waals surface area contributed by atoms with E-state index in [0.717, 1.165) is 5.76 Å². The molecule has 0 saturated heterocycles. The molecular weight excluding hydrogens is 312 g/mol. The van der Waals surface area contributed by atoms with Gasteiger partial charge in [-0.2, -0.15) is 4.31 Å². The third-order valence-electron chi connectivity index (χ3n) is 2.99. The van der Waals surface area contributed by atoms with Gasteiger partial charge < -0.3 is 4.42 Å². The Kier molecular flexibility index (Phi) is 4.70. The van der Waals surface area contributed by atoms with Crippen molar-refractivity contribution in [3.05, 3.63) is 47.1 Å². The van der Waals surface area contributed by atoms with Crippen molar-refractivity contribution in [2.24, 2.45) is 0 Å². The van der Waals surface area contributed by atoms with Crippen LogP contribution in [0, 0.1) is 6.92 Å². The zero-order valence-electron chi connectivity index (χ0n) is 12.1. The third kappa shape index (κ3) is 3.64. The van der Waals surface area contributed by atoms with Gasteiger partial charge in [-0.15, -0.1) is 0 Å². The SMILES string of the molecule is Cc1ccc(CN(C(C)C)S(=O)(=O)c2ccnc(Cl)c2)o1. The Labute approximate surface area is 129 Å². The summed E-state index contributed by atoms with van der Waals surface area (Å²) in [5, 5.41) is 0.147. The fourth-order valence-corrected chi connectivity index (χ4v) is 3.80. The number of furan rings is 1. The van der Waals surface area contributed by atoms with Crippen molar-refractivity contribution in [3.63, 3.8) is 0 Å². The molecule has 0 aliphatic carbocycles. The molecule has 2 aromatic rings. The first-order valence-electron chi connectivity index (χ1n) is 6.49. The Morgan fingerprint density at radius 1 is 1.33 bits per heavy atom. The molecule has 5 nitrogen and oxygen atoms in total. The van der Waals surface area contributed by atoms with Crippen LogP contribution in [0.1, 0.15) is 25.4 Å². The first kappa shape index (κ1) is 16.0. The third-order valence-corrected chi connectivity index (χ3v) is 5.21. The Morgan fingerprint density at radius 2 is 2.05 bits per heavy atom. The standard InChI is InChI=1S/C14H17ClN2O3S/c1-10(2)17(9-12-5-4-11(3)20-12)21(18,19)13-6-7-16-14(15)8-13/h4-8,10H,9H2,1-3H3. The largest absolute Gasteiger partial charge is 0.465 e. The van der Waals surface area contributed by atoms with Gasteiger partial charge in [-0.3, -0.25) is 0 Å². The lowest BCUT2D eigenvalue weighted by molar-refractivity contribution is 0.314. The lowest BCUT2D eigenvalue weighted by atomic mass is 10.3. The van der Waals surface area contributed by atoms with Crippen LogP contribution < -0.4 is 0 Å². The van der Waals surface area contributed by atoms with Crippen molar-refractivity contribution in [2.75, 3.05) is 0 Å².